The summed E-state index contributed by atoms with van der Waals surface area (Å²) < 4.78 is 6.66. The molecule has 3 nitrogen and oxygen atoms in total. The fourth-order valence-corrected chi connectivity index (χ4v) is 11.3. The van der Waals surface area contributed by atoms with Crippen molar-refractivity contribution in [1.29, 1.82) is 0 Å². The lowest BCUT2D eigenvalue weighted by Gasteiger charge is -2.76. The molecule has 0 amide bonds. The van der Waals surface area contributed by atoms with E-state index in [1.165, 1.54) is 44.9 Å². The molecular formula is C30H46O3. The van der Waals surface area contributed by atoms with Crippen molar-refractivity contribution in [1.82, 2.24) is 0 Å². The molecule has 1 heterocycles. The predicted octanol–water partition coefficient (Wildman–Crippen LogP) is 7.11. The minimum absolute atomic E-state index is 0.00696. The maximum Gasteiger partial charge on any atom is 0.163 e. The number of aliphatic hydroxyl groups is 1. The number of ketones is 1. The average Bonchev–Trinajstić information content (AvgIpc) is 2.74. The van der Waals surface area contributed by atoms with Crippen LogP contribution in [-0.4, -0.2) is 24.1 Å². The Labute approximate surface area is 201 Å². The molecule has 5 fully saturated rings. The first-order valence-corrected chi connectivity index (χ1v) is 13.9. The molecule has 3 heteroatoms. The second-order valence-corrected chi connectivity index (χ2v) is 15.1. The minimum atomic E-state index is -0.155. The van der Waals surface area contributed by atoms with Crippen LogP contribution in [0.3, 0.4) is 0 Å². The van der Waals surface area contributed by atoms with E-state index < -0.39 is 0 Å². The van der Waals surface area contributed by atoms with Gasteiger partial charge in [-0.1, -0.05) is 41.5 Å². The fraction of sp³-hybridized carbons (Fsp3) is 0.900. The highest BCUT2D eigenvalue weighted by atomic mass is 16.5. The zero-order valence-corrected chi connectivity index (χ0v) is 21.9. The van der Waals surface area contributed by atoms with E-state index in [9.17, 15) is 9.90 Å². The van der Waals surface area contributed by atoms with Gasteiger partial charge >= 0.3 is 0 Å². The number of hydrogen-bond donors (Lipinski definition) is 1. The topological polar surface area (TPSA) is 46.5 Å². The lowest BCUT2D eigenvalue weighted by Crippen LogP contribution is -2.73. The molecule has 1 aliphatic heterocycles. The molecule has 6 aliphatic rings. The summed E-state index contributed by atoms with van der Waals surface area (Å²) in [4.78, 5) is 13.6. The molecule has 0 aromatic heterocycles. The Morgan fingerprint density at radius 3 is 2.39 bits per heavy atom. The summed E-state index contributed by atoms with van der Waals surface area (Å²) in [6.07, 6.45) is 12.9. The van der Waals surface area contributed by atoms with Gasteiger partial charge in [-0.25, -0.2) is 0 Å². The van der Waals surface area contributed by atoms with Crippen LogP contribution in [0.25, 0.3) is 0 Å². The molecule has 184 valence electrons. The molecule has 5 aliphatic carbocycles. The van der Waals surface area contributed by atoms with E-state index in [4.69, 9.17) is 4.74 Å². The Bertz CT molecular complexity index is 920. The largest absolute Gasteiger partial charge is 0.512 e. The van der Waals surface area contributed by atoms with Crippen molar-refractivity contribution >= 4 is 5.78 Å². The summed E-state index contributed by atoms with van der Waals surface area (Å²) in [6.45, 7) is 16.3. The monoisotopic (exact) mass is 454 g/mol. The molecule has 1 saturated heterocycles. The normalized spacial score (nSPS) is 57.2. The molecule has 1 N–H and O–H groups in total. The van der Waals surface area contributed by atoms with Crippen molar-refractivity contribution in [3.05, 3.63) is 11.8 Å². The first-order chi connectivity index (χ1) is 15.3. The number of hydrogen-bond acceptors (Lipinski definition) is 3. The van der Waals surface area contributed by atoms with Gasteiger partial charge in [0.05, 0.1) is 19.0 Å². The molecule has 0 radical (unpaired) electrons. The van der Waals surface area contributed by atoms with E-state index in [2.05, 4.69) is 41.5 Å². The van der Waals surface area contributed by atoms with E-state index >= 15 is 0 Å². The summed E-state index contributed by atoms with van der Waals surface area (Å²) in [6, 6.07) is 0. The number of carbonyl (C=O) groups is 1. The van der Waals surface area contributed by atoms with Gasteiger partial charge in [0.25, 0.3) is 0 Å². The number of rotatable bonds is 0. The Balaban J connectivity index is 1.47. The summed E-state index contributed by atoms with van der Waals surface area (Å²) in [5, 5.41) is 10.6. The third-order valence-corrected chi connectivity index (χ3v) is 13.4. The third kappa shape index (κ3) is 2.54. The Hall–Kier alpha value is -0.830. The fourth-order valence-electron chi connectivity index (χ4n) is 11.3. The highest BCUT2D eigenvalue weighted by Gasteiger charge is 2.75. The van der Waals surface area contributed by atoms with Crippen LogP contribution in [0.2, 0.25) is 0 Å². The van der Waals surface area contributed by atoms with E-state index in [1.54, 1.807) is 6.08 Å². The van der Waals surface area contributed by atoms with Crippen LogP contribution in [0.15, 0.2) is 11.8 Å². The Morgan fingerprint density at radius 1 is 0.909 bits per heavy atom. The molecule has 1 spiro atoms. The van der Waals surface area contributed by atoms with Gasteiger partial charge < -0.3 is 9.84 Å². The van der Waals surface area contributed by atoms with Crippen molar-refractivity contribution in [2.24, 2.45) is 56.2 Å². The van der Waals surface area contributed by atoms with Crippen molar-refractivity contribution < 1.29 is 14.6 Å². The van der Waals surface area contributed by atoms with E-state index in [-0.39, 0.29) is 33.9 Å². The zero-order valence-electron chi connectivity index (χ0n) is 21.9. The van der Waals surface area contributed by atoms with Gasteiger partial charge in [0.15, 0.2) is 5.78 Å². The van der Waals surface area contributed by atoms with Crippen molar-refractivity contribution in [2.45, 2.75) is 99.3 Å². The lowest BCUT2D eigenvalue weighted by molar-refractivity contribution is -0.315. The quantitative estimate of drug-likeness (QED) is 0.424. The second-order valence-electron chi connectivity index (χ2n) is 15.1. The third-order valence-electron chi connectivity index (χ3n) is 13.4. The molecule has 2 bridgehead atoms. The van der Waals surface area contributed by atoms with Gasteiger partial charge in [-0.2, -0.15) is 0 Å². The Morgan fingerprint density at radius 2 is 1.64 bits per heavy atom. The van der Waals surface area contributed by atoms with Gasteiger partial charge in [0, 0.05) is 28.7 Å². The van der Waals surface area contributed by atoms with Crippen LogP contribution >= 0.6 is 0 Å². The number of fused-ring (bicyclic) bond motifs is 3. The Kier molecular flexibility index (Phi) is 4.44. The summed E-state index contributed by atoms with van der Waals surface area (Å²) in [5.74, 6) is 1.86. The van der Waals surface area contributed by atoms with E-state index in [1.807, 2.05) is 0 Å². The number of ether oxygens (including phenoxy) is 1. The first-order valence-electron chi connectivity index (χ1n) is 13.9. The van der Waals surface area contributed by atoms with E-state index in [0.717, 1.165) is 32.0 Å². The highest BCUT2D eigenvalue weighted by Crippen LogP contribution is 2.79. The van der Waals surface area contributed by atoms with Gasteiger partial charge in [-0.15, -0.1) is 0 Å². The lowest BCUT2D eigenvalue weighted by atomic mass is 9.29. The van der Waals surface area contributed by atoms with Crippen molar-refractivity contribution in [2.75, 3.05) is 13.2 Å². The average molecular weight is 455 g/mol. The van der Waals surface area contributed by atoms with Crippen molar-refractivity contribution in [3.63, 3.8) is 0 Å². The summed E-state index contributed by atoms with van der Waals surface area (Å²) in [7, 11) is 0. The molecule has 9 atom stereocenters. The molecule has 33 heavy (non-hydrogen) atoms. The molecule has 0 aromatic rings. The maximum atomic E-state index is 13.6. The number of aliphatic hydroxyl groups excluding tert-OH is 1. The van der Waals surface area contributed by atoms with Crippen LogP contribution in [0.1, 0.15) is 99.3 Å². The molecular weight excluding hydrogens is 408 g/mol. The zero-order chi connectivity index (χ0) is 23.7. The SMILES string of the molecule is C[C@H]1C(O)=CC(=O)[C@@H]2[C@]1(C)CC[C@@H]1[C@@]23CC[C@@]2(C)[C@H]4CC(C)(C)CC[C@]4(C)CC[C@]12COC3. The van der Waals surface area contributed by atoms with Gasteiger partial charge in [-0.3, -0.25) is 4.79 Å². The summed E-state index contributed by atoms with van der Waals surface area (Å²) >= 11 is 0. The van der Waals surface area contributed by atoms with Crippen LogP contribution < -0.4 is 0 Å². The van der Waals surface area contributed by atoms with Crippen LogP contribution in [0, 0.1) is 56.2 Å². The standard InChI is InChI=1S/C30H46O3/c1-19-20(31)15-21(32)24-27(19,5)8-7-22-29(24)13-12-28(6)23-16-25(2,3)9-10-26(23,4)11-14-30(22,28)18-33-17-29/h15,19,22-24,31H,7-14,16-18H2,1-6H3/t19-,22+,23-,24+,26+,27+,28-,29-,30-/m0/s1. The molecule has 0 aromatic carbocycles. The van der Waals surface area contributed by atoms with Crippen LogP contribution in [0.5, 0.6) is 0 Å². The summed E-state index contributed by atoms with van der Waals surface area (Å²) in [5.41, 5.74) is 1.18. The highest BCUT2D eigenvalue weighted by molar-refractivity contribution is 5.94. The van der Waals surface area contributed by atoms with Gasteiger partial charge in [-0.05, 0) is 91.3 Å². The van der Waals surface area contributed by atoms with E-state index in [0.29, 0.717) is 27.9 Å². The first kappa shape index (κ1) is 22.6. The predicted molar refractivity (Wildman–Crippen MR) is 131 cm³/mol. The number of allylic oxidation sites excluding steroid dienone is 2. The van der Waals surface area contributed by atoms with Gasteiger partial charge in [0.1, 0.15) is 0 Å². The molecule has 4 saturated carbocycles. The molecule has 6 rings (SSSR count). The van der Waals surface area contributed by atoms with Crippen LogP contribution in [0.4, 0.5) is 0 Å². The maximum absolute atomic E-state index is 13.6. The number of carbonyl (C=O) groups excluding carboxylic acids is 1. The van der Waals surface area contributed by atoms with Crippen LogP contribution in [-0.2, 0) is 9.53 Å². The molecule has 0 unspecified atom stereocenters. The van der Waals surface area contributed by atoms with Crippen molar-refractivity contribution in [3.8, 4) is 0 Å². The second kappa shape index (κ2) is 6.48. The smallest absolute Gasteiger partial charge is 0.163 e. The van der Waals surface area contributed by atoms with Gasteiger partial charge in [0.2, 0.25) is 0 Å². The minimum Gasteiger partial charge on any atom is -0.512 e.